The molecule has 146 valence electrons. The Morgan fingerprint density at radius 2 is 1.76 bits per heavy atom. The largest absolute Gasteiger partial charge is 0.420 e. The van der Waals surface area contributed by atoms with Gasteiger partial charge in [0.2, 0.25) is 0 Å². The van der Waals surface area contributed by atoms with E-state index in [4.69, 9.17) is 4.42 Å². The topological polar surface area (TPSA) is 64.2 Å². The Morgan fingerprint density at radius 1 is 1.00 bits per heavy atom. The van der Waals surface area contributed by atoms with Crippen LogP contribution in [0.1, 0.15) is 27.0 Å². The number of oxazole rings is 1. The van der Waals surface area contributed by atoms with Crippen molar-refractivity contribution >= 4 is 22.7 Å². The fourth-order valence-electron chi connectivity index (χ4n) is 3.15. The van der Waals surface area contributed by atoms with Crippen molar-refractivity contribution in [1.82, 2.24) is 4.57 Å². The molecule has 1 amide bonds. The number of carbonyl (C=O) groups is 1. The van der Waals surface area contributed by atoms with E-state index in [1.807, 2.05) is 32.0 Å². The molecule has 1 N–H and O–H groups in total. The smallest absolute Gasteiger partial charge is 0.408 e. The predicted molar refractivity (Wildman–Crippen MR) is 110 cm³/mol. The molecule has 1 heterocycles. The van der Waals surface area contributed by atoms with Crippen molar-refractivity contribution in [2.45, 2.75) is 20.4 Å². The highest BCUT2D eigenvalue weighted by Crippen LogP contribution is 2.19. The molecular weight excluding hydrogens is 371 g/mol. The zero-order chi connectivity index (χ0) is 20.5. The molecule has 1 aromatic heterocycles. The molecule has 0 aliphatic carbocycles. The predicted octanol–water partition coefficient (Wildman–Crippen LogP) is 4.65. The van der Waals surface area contributed by atoms with Crippen LogP contribution in [0.25, 0.3) is 11.1 Å². The number of aryl methyl sites for hydroxylation is 2. The van der Waals surface area contributed by atoms with E-state index >= 15 is 0 Å². The third-order valence-corrected chi connectivity index (χ3v) is 4.95. The number of aromatic nitrogens is 1. The zero-order valence-corrected chi connectivity index (χ0v) is 16.0. The number of rotatable bonds is 4. The lowest BCUT2D eigenvalue weighted by Crippen LogP contribution is -2.15. The number of fused-ring (bicyclic) bond motifs is 1. The highest BCUT2D eigenvalue weighted by Gasteiger charge is 2.14. The van der Waals surface area contributed by atoms with Crippen molar-refractivity contribution in [2.75, 3.05) is 5.32 Å². The second kappa shape index (κ2) is 7.39. The summed E-state index contributed by atoms with van der Waals surface area (Å²) in [6, 6.07) is 16.4. The average Bonchev–Trinajstić information content (AvgIpc) is 3.01. The van der Waals surface area contributed by atoms with Crippen molar-refractivity contribution in [1.29, 1.82) is 0 Å². The van der Waals surface area contributed by atoms with Crippen LogP contribution in [0.5, 0.6) is 0 Å². The summed E-state index contributed by atoms with van der Waals surface area (Å²) in [5.41, 5.74) is 4.99. The molecular formula is C23H19FN2O3. The first kappa shape index (κ1) is 18.7. The first-order chi connectivity index (χ1) is 13.9. The molecule has 0 fully saturated rings. The molecule has 4 rings (SSSR count). The van der Waals surface area contributed by atoms with E-state index < -0.39 is 5.76 Å². The molecule has 5 nitrogen and oxygen atoms in total. The lowest BCUT2D eigenvalue weighted by Gasteiger charge is -2.08. The Hall–Kier alpha value is -3.67. The number of anilines is 1. The van der Waals surface area contributed by atoms with E-state index in [1.54, 1.807) is 30.3 Å². The lowest BCUT2D eigenvalue weighted by atomic mass is 10.1. The highest BCUT2D eigenvalue weighted by atomic mass is 19.1. The molecule has 6 heteroatoms. The molecule has 0 saturated heterocycles. The van der Waals surface area contributed by atoms with Gasteiger partial charge < -0.3 is 9.73 Å². The number of benzene rings is 3. The van der Waals surface area contributed by atoms with E-state index in [-0.39, 0.29) is 18.3 Å². The summed E-state index contributed by atoms with van der Waals surface area (Å²) in [7, 11) is 0. The minimum absolute atomic E-state index is 0.217. The second-order valence-corrected chi connectivity index (χ2v) is 7.02. The van der Waals surface area contributed by atoms with Crippen molar-refractivity contribution in [3.8, 4) is 0 Å². The van der Waals surface area contributed by atoms with Gasteiger partial charge in [-0.1, -0.05) is 18.2 Å². The summed E-state index contributed by atoms with van der Waals surface area (Å²) in [6.45, 7) is 4.21. The standard InChI is InChI=1S/C23H19FN2O3/c1-14-3-9-19(11-15(14)2)25-22(27)17-6-10-21-20(12-17)26(23(28)29-21)13-16-4-7-18(24)8-5-16/h3-12H,13H2,1-2H3,(H,25,27). The van der Waals surface area contributed by atoms with Crippen molar-refractivity contribution in [2.24, 2.45) is 0 Å². The number of nitrogens with zero attached hydrogens (tertiary/aromatic N) is 1. The Morgan fingerprint density at radius 3 is 2.48 bits per heavy atom. The molecule has 0 aliphatic heterocycles. The van der Waals surface area contributed by atoms with E-state index in [1.165, 1.54) is 16.7 Å². The first-order valence-corrected chi connectivity index (χ1v) is 9.17. The van der Waals surface area contributed by atoms with Crippen molar-refractivity contribution in [3.63, 3.8) is 0 Å². The van der Waals surface area contributed by atoms with Crippen LogP contribution in [0.15, 0.2) is 69.9 Å². The van der Waals surface area contributed by atoms with Crippen LogP contribution < -0.4 is 11.1 Å². The van der Waals surface area contributed by atoms with Gasteiger partial charge in [0.25, 0.3) is 5.91 Å². The number of hydrogen-bond acceptors (Lipinski definition) is 3. The maximum Gasteiger partial charge on any atom is 0.420 e. The summed E-state index contributed by atoms with van der Waals surface area (Å²) < 4.78 is 19.8. The number of amides is 1. The summed E-state index contributed by atoms with van der Waals surface area (Å²) >= 11 is 0. The monoisotopic (exact) mass is 390 g/mol. The third-order valence-electron chi connectivity index (χ3n) is 4.95. The normalized spacial score (nSPS) is 11.0. The van der Waals surface area contributed by atoms with Gasteiger partial charge in [-0.05, 0) is 73.0 Å². The molecule has 3 aromatic carbocycles. The van der Waals surface area contributed by atoms with Crippen LogP contribution in [0.2, 0.25) is 0 Å². The number of carbonyl (C=O) groups excluding carboxylic acids is 1. The van der Waals surface area contributed by atoms with Crippen LogP contribution in [0.4, 0.5) is 10.1 Å². The molecule has 4 aromatic rings. The van der Waals surface area contributed by atoms with E-state index in [0.29, 0.717) is 22.4 Å². The maximum absolute atomic E-state index is 13.1. The van der Waals surface area contributed by atoms with Crippen LogP contribution in [0, 0.1) is 19.7 Å². The second-order valence-electron chi connectivity index (χ2n) is 7.02. The Labute approximate surface area is 166 Å². The van der Waals surface area contributed by atoms with Crippen LogP contribution in [-0.2, 0) is 6.54 Å². The van der Waals surface area contributed by atoms with Gasteiger partial charge in [0.15, 0.2) is 5.58 Å². The maximum atomic E-state index is 13.1. The first-order valence-electron chi connectivity index (χ1n) is 9.17. The minimum atomic E-state index is -0.531. The molecule has 0 saturated carbocycles. The van der Waals surface area contributed by atoms with Gasteiger partial charge in [-0.15, -0.1) is 0 Å². The number of halogens is 1. The summed E-state index contributed by atoms with van der Waals surface area (Å²) in [5.74, 6) is -1.16. The molecule has 0 spiro atoms. The van der Waals surface area contributed by atoms with Crippen molar-refractivity contribution < 1.29 is 13.6 Å². The zero-order valence-electron chi connectivity index (χ0n) is 16.0. The minimum Gasteiger partial charge on any atom is -0.408 e. The molecule has 0 atom stereocenters. The van der Waals surface area contributed by atoms with Crippen molar-refractivity contribution in [3.05, 3.63) is 99.3 Å². The molecule has 0 unspecified atom stereocenters. The molecule has 0 radical (unpaired) electrons. The Bertz CT molecular complexity index is 1270. The fourth-order valence-corrected chi connectivity index (χ4v) is 3.15. The summed E-state index contributed by atoms with van der Waals surface area (Å²) in [5, 5.41) is 2.87. The number of hydrogen-bond donors (Lipinski definition) is 1. The van der Waals surface area contributed by atoms with Gasteiger partial charge in [-0.25, -0.2) is 9.18 Å². The van der Waals surface area contributed by atoms with Gasteiger partial charge in [-0.2, -0.15) is 0 Å². The Kier molecular flexibility index (Phi) is 4.76. The lowest BCUT2D eigenvalue weighted by molar-refractivity contribution is 0.102. The van der Waals surface area contributed by atoms with E-state index in [2.05, 4.69) is 5.32 Å². The van der Waals surface area contributed by atoms with Gasteiger partial charge in [0.05, 0.1) is 12.1 Å². The number of nitrogens with one attached hydrogen (secondary N) is 1. The van der Waals surface area contributed by atoms with E-state index in [0.717, 1.165) is 16.7 Å². The van der Waals surface area contributed by atoms with Crippen LogP contribution in [-0.4, -0.2) is 10.5 Å². The van der Waals surface area contributed by atoms with Crippen LogP contribution in [0.3, 0.4) is 0 Å². The fraction of sp³-hybridized carbons (Fsp3) is 0.130. The summed E-state index contributed by atoms with van der Waals surface area (Å²) in [4.78, 5) is 25.0. The summed E-state index contributed by atoms with van der Waals surface area (Å²) in [6.07, 6.45) is 0. The van der Waals surface area contributed by atoms with Gasteiger partial charge in [0, 0.05) is 11.3 Å². The quantitative estimate of drug-likeness (QED) is 0.552. The Balaban J connectivity index is 1.65. The molecule has 0 aliphatic rings. The molecule has 29 heavy (non-hydrogen) atoms. The average molecular weight is 390 g/mol. The van der Waals surface area contributed by atoms with Gasteiger partial charge in [-0.3, -0.25) is 9.36 Å². The van der Waals surface area contributed by atoms with Gasteiger partial charge in [0.1, 0.15) is 5.82 Å². The molecule has 0 bridgehead atoms. The highest BCUT2D eigenvalue weighted by molar-refractivity contribution is 6.05. The third kappa shape index (κ3) is 3.82. The van der Waals surface area contributed by atoms with Gasteiger partial charge >= 0.3 is 5.76 Å². The van der Waals surface area contributed by atoms with E-state index in [9.17, 15) is 14.0 Å². The SMILES string of the molecule is Cc1ccc(NC(=O)c2ccc3oc(=O)n(Cc4ccc(F)cc4)c3c2)cc1C. The van der Waals surface area contributed by atoms with Crippen LogP contribution >= 0.6 is 0 Å².